The van der Waals surface area contributed by atoms with Crippen LogP contribution in [-0.2, 0) is 4.74 Å². The SMILES string of the molecule is CC(=N)/C(C=NCC1CCCCO1)=N/N. The van der Waals surface area contributed by atoms with Gasteiger partial charge in [0.2, 0.25) is 0 Å². The van der Waals surface area contributed by atoms with E-state index in [1.54, 1.807) is 13.1 Å². The van der Waals surface area contributed by atoms with Gasteiger partial charge in [-0.1, -0.05) is 0 Å². The molecule has 1 fully saturated rings. The molecule has 1 aliphatic heterocycles. The van der Waals surface area contributed by atoms with Gasteiger partial charge in [-0.3, -0.25) is 4.99 Å². The zero-order chi connectivity index (χ0) is 11.1. The van der Waals surface area contributed by atoms with Crippen molar-refractivity contribution in [3.05, 3.63) is 0 Å². The first-order valence-corrected chi connectivity index (χ1v) is 5.19. The lowest BCUT2D eigenvalue weighted by molar-refractivity contribution is 0.0226. The van der Waals surface area contributed by atoms with Crippen molar-refractivity contribution >= 4 is 17.6 Å². The van der Waals surface area contributed by atoms with Gasteiger partial charge in [0.25, 0.3) is 0 Å². The van der Waals surface area contributed by atoms with E-state index >= 15 is 0 Å². The first kappa shape index (κ1) is 11.8. The number of hydrogen-bond donors (Lipinski definition) is 2. The molecule has 0 aromatic rings. The predicted molar refractivity (Wildman–Crippen MR) is 62.0 cm³/mol. The van der Waals surface area contributed by atoms with E-state index in [0.717, 1.165) is 19.4 Å². The Balaban J connectivity index is 2.34. The van der Waals surface area contributed by atoms with E-state index in [9.17, 15) is 0 Å². The van der Waals surface area contributed by atoms with Crippen molar-refractivity contribution < 1.29 is 4.74 Å². The average Bonchev–Trinajstić information content (AvgIpc) is 2.25. The first-order chi connectivity index (χ1) is 7.24. The molecule has 1 heterocycles. The summed E-state index contributed by atoms with van der Waals surface area (Å²) in [5.41, 5.74) is 0.747. The molecule has 0 aromatic heterocycles. The minimum absolute atomic E-state index is 0.222. The molecule has 5 heteroatoms. The van der Waals surface area contributed by atoms with Gasteiger partial charge in [0.15, 0.2) is 0 Å². The third-order valence-corrected chi connectivity index (χ3v) is 2.32. The second kappa shape index (κ2) is 6.29. The summed E-state index contributed by atoms with van der Waals surface area (Å²) in [5, 5.41) is 10.8. The minimum atomic E-state index is 0.222. The van der Waals surface area contributed by atoms with Crippen LogP contribution in [0.3, 0.4) is 0 Å². The molecular weight excluding hydrogens is 192 g/mol. The fourth-order valence-corrected chi connectivity index (χ4v) is 1.44. The summed E-state index contributed by atoms with van der Waals surface area (Å²) in [5.74, 6) is 5.12. The van der Waals surface area contributed by atoms with Gasteiger partial charge in [0, 0.05) is 6.61 Å². The second-order valence-corrected chi connectivity index (χ2v) is 3.62. The smallest absolute Gasteiger partial charge is 0.121 e. The molecule has 0 saturated carbocycles. The summed E-state index contributed by atoms with van der Waals surface area (Å²) in [6, 6.07) is 0. The summed E-state index contributed by atoms with van der Waals surface area (Å²) in [6.45, 7) is 3.10. The maximum Gasteiger partial charge on any atom is 0.121 e. The molecule has 3 N–H and O–H groups in total. The van der Waals surface area contributed by atoms with E-state index in [1.165, 1.54) is 6.42 Å². The Hall–Kier alpha value is -1.23. The second-order valence-electron chi connectivity index (χ2n) is 3.62. The lowest BCUT2D eigenvalue weighted by atomic mass is 10.1. The van der Waals surface area contributed by atoms with Crippen molar-refractivity contribution in [1.29, 1.82) is 5.41 Å². The highest BCUT2D eigenvalue weighted by Crippen LogP contribution is 2.12. The monoisotopic (exact) mass is 210 g/mol. The molecule has 1 unspecified atom stereocenters. The molecule has 1 saturated heterocycles. The molecule has 1 rings (SSSR count). The number of rotatable bonds is 4. The van der Waals surface area contributed by atoms with E-state index in [4.69, 9.17) is 16.0 Å². The number of nitrogens with one attached hydrogen (secondary N) is 1. The average molecular weight is 210 g/mol. The van der Waals surface area contributed by atoms with Crippen LogP contribution in [0.1, 0.15) is 26.2 Å². The van der Waals surface area contributed by atoms with Gasteiger partial charge >= 0.3 is 0 Å². The van der Waals surface area contributed by atoms with Crippen molar-refractivity contribution in [1.82, 2.24) is 0 Å². The molecule has 0 radical (unpaired) electrons. The molecule has 5 nitrogen and oxygen atoms in total. The minimum Gasteiger partial charge on any atom is -0.376 e. The predicted octanol–water partition coefficient (Wildman–Crippen LogP) is 0.981. The van der Waals surface area contributed by atoms with Crippen molar-refractivity contribution in [2.24, 2.45) is 15.9 Å². The van der Waals surface area contributed by atoms with Crippen molar-refractivity contribution in [2.75, 3.05) is 13.2 Å². The standard InChI is InChI=1S/C10H18N4O/c1-8(11)10(14-12)7-13-6-9-4-2-3-5-15-9/h7,9,11H,2-6,12H2,1H3/b11-8?,13-7?,14-10+. The van der Waals surface area contributed by atoms with Crippen LogP contribution in [0.15, 0.2) is 10.1 Å². The van der Waals surface area contributed by atoms with Crippen LogP contribution in [0.5, 0.6) is 0 Å². The molecule has 1 aliphatic rings. The molecule has 0 spiro atoms. The van der Waals surface area contributed by atoms with Gasteiger partial charge in [-0.25, -0.2) is 0 Å². The molecule has 0 aromatic carbocycles. The van der Waals surface area contributed by atoms with E-state index in [-0.39, 0.29) is 6.10 Å². The Bertz CT molecular complexity index is 267. The molecular formula is C10H18N4O. The molecule has 84 valence electrons. The summed E-state index contributed by atoms with van der Waals surface area (Å²) in [6.07, 6.45) is 5.19. The topological polar surface area (TPSA) is 83.8 Å². The van der Waals surface area contributed by atoms with Gasteiger partial charge in [-0.15, -0.1) is 0 Å². The molecule has 0 aliphatic carbocycles. The molecule has 0 amide bonds. The quantitative estimate of drug-likeness (QED) is 0.412. The number of hydrazone groups is 1. The number of aliphatic imine (C=N–C) groups is 1. The van der Waals surface area contributed by atoms with Crippen molar-refractivity contribution in [2.45, 2.75) is 32.3 Å². The zero-order valence-corrected chi connectivity index (χ0v) is 9.07. The Morgan fingerprint density at radius 3 is 2.93 bits per heavy atom. The lowest BCUT2D eigenvalue weighted by Gasteiger charge is -2.20. The van der Waals surface area contributed by atoms with Gasteiger partial charge in [0.05, 0.1) is 24.6 Å². The van der Waals surface area contributed by atoms with Crippen LogP contribution >= 0.6 is 0 Å². The molecule has 0 bridgehead atoms. The number of ether oxygens (including phenoxy) is 1. The number of nitrogens with zero attached hydrogens (tertiary/aromatic N) is 2. The van der Waals surface area contributed by atoms with E-state index in [2.05, 4.69) is 10.1 Å². The van der Waals surface area contributed by atoms with Crippen LogP contribution in [-0.4, -0.2) is 36.9 Å². The van der Waals surface area contributed by atoms with Crippen molar-refractivity contribution in [3.8, 4) is 0 Å². The normalized spacial score (nSPS) is 23.3. The van der Waals surface area contributed by atoms with Gasteiger partial charge in [0.1, 0.15) is 5.71 Å². The van der Waals surface area contributed by atoms with Crippen LogP contribution < -0.4 is 5.84 Å². The van der Waals surface area contributed by atoms with E-state index < -0.39 is 0 Å². The first-order valence-electron chi connectivity index (χ1n) is 5.19. The Labute approximate surface area is 89.9 Å². The van der Waals surface area contributed by atoms with Crippen LogP contribution in [0.4, 0.5) is 0 Å². The van der Waals surface area contributed by atoms with E-state index in [0.29, 0.717) is 18.0 Å². The fourth-order valence-electron chi connectivity index (χ4n) is 1.44. The third kappa shape index (κ3) is 4.20. The summed E-state index contributed by atoms with van der Waals surface area (Å²) in [4.78, 5) is 4.19. The summed E-state index contributed by atoms with van der Waals surface area (Å²) in [7, 11) is 0. The van der Waals surface area contributed by atoms with Crippen LogP contribution in [0.25, 0.3) is 0 Å². The highest BCUT2D eigenvalue weighted by atomic mass is 16.5. The van der Waals surface area contributed by atoms with Gasteiger partial charge < -0.3 is 16.0 Å². The Morgan fingerprint density at radius 1 is 1.60 bits per heavy atom. The number of nitrogens with two attached hydrogens (primary N) is 1. The highest BCUT2D eigenvalue weighted by molar-refractivity contribution is 6.61. The van der Waals surface area contributed by atoms with E-state index in [1.807, 2.05) is 0 Å². The summed E-state index contributed by atoms with van der Waals surface area (Å²) >= 11 is 0. The maximum absolute atomic E-state index is 7.34. The summed E-state index contributed by atoms with van der Waals surface area (Å²) < 4.78 is 5.52. The maximum atomic E-state index is 7.34. The largest absolute Gasteiger partial charge is 0.376 e. The molecule has 15 heavy (non-hydrogen) atoms. The Morgan fingerprint density at radius 2 is 2.40 bits per heavy atom. The van der Waals surface area contributed by atoms with Crippen molar-refractivity contribution in [3.63, 3.8) is 0 Å². The third-order valence-electron chi connectivity index (χ3n) is 2.32. The lowest BCUT2D eigenvalue weighted by Crippen LogP contribution is -2.22. The number of hydrogen-bond acceptors (Lipinski definition) is 5. The van der Waals surface area contributed by atoms with Gasteiger partial charge in [-0.05, 0) is 26.2 Å². The molecule has 1 atom stereocenters. The zero-order valence-electron chi connectivity index (χ0n) is 9.07. The fraction of sp³-hybridized carbons (Fsp3) is 0.700. The Kier molecular flexibility index (Phi) is 4.97. The highest BCUT2D eigenvalue weighted by Gasteiger charge is 2.12. The van der Waals surface area contributed by atoms with Crippen LogP contribution in [0.2, 0.25) is 0 Å². The van der Waals surface area contributed by atoms with Crippen LogP contribution in [0, 0.1) is 5.41 Å². The van der Waals surface area contributed by atoms with Gasteiger partial charge in [-0.2, -0.15) is 5.10 Å².